The topological polar surface area (TPSA) is 38.8 Å². The van der Waals surface area contributed by atoms with Gasteiger partial charge in [0.15, 0.2) is 8.32 Å². The lowest BCUT2D eigenvalue weighted by Crippen LogP contribution is -2.43. The van der Waals surface area contributed by atoms with Crippen molar-refractivity contribution in [1.82, 2.24) is 4.90 Å². The summed E-state index contributed by atoms with van der Waals surface area (Å²) in [7, 11) is -1.72. The third-order valence-electron chi connectivity index (χ3n) is 4.37. The zero-order chi connectivity index (χ0) is 17.2. The Morgan fingerprint density at radius 3 is 2.32 bits per heavy atom. The van der Waals surface area contributed by atoms with Crippen LogP contribution >= 0.6 is 0 Å². The van der Waals surface area contributed by atoms with Crippen molar-refractivity contribution < 1.29 is 14.0 Å². The number of amides is 1. The van der Waals surface area contributed by atoms with E-state index in [9.17, 15) is 4.79 Å². The molecule has 0 aliphatic carbocycles. The van der Waals surface area contributed by atoms with Gasteiger partial charge in [-0.15, -0.1) is 0 Å². The fraction of sp³-hybridized carbons (Fsp3) is 0.824. The molecule has 1 atom stereocenters. The van der Waals surface area contributed by atoms with Crippen LogP contribution < -0.4 is 0 Å². The van der Waals surface area contributed by atoms with E-state index in [1.807, 2.05) is 26.8 Å². The molecule has 0 saturated carbocycles. The first kappa shape index (κ1) is 19.2. The monoisotopic (exact) mass is 327 g/mol. The summed E-state index contributed by atoms with van der Waals surface area (Å²) in [6, 6.07) is 0.0830. The SMILES string of the molecule is CC(C)(C)OC(=O)N1CC=CC1CCO[Si](C)(C)C(C)(C)C. The van der Waals surface area contributed by atoms with Crippen molar-refractivity contribution in [3.05, 3.63) is 12.2 Å². The predicted molar refractivity (Wildman–Crippen MR) is 93.6 cm³/mol. The van der Waals surface area contributed by atoms with E-state index in [-0.39, 0.29) is 17.2 Å². The molecule has 1 aliphatic heterocycles. The minimum Gasteiger partial charge on any atom is -0.444 e. The van der Waals surface area contributed by atoms with Crippen molar-refractivity contribution in [2.45, 2.75) is 77.7 Å². The average molecular weight is 328 g/mol. The highest BCUT2D eigenvalue weighted by atomic mass is 28.4. The lowest BCUT2D eigenvalue weighted by atomic mass is 10.2. The molecule has 0 radical (unpaired) electrons. The van der Waals surface area contributed by atoms with E-state index < -0.39 is 13.9 Å². The lowest BCUT2D eigenvalue weighted by Gasteiger charge is -2.36. The first-order valence-electron chi connectivity index (χ1n) is 8.14. The summed E-state index contributed by atoms with van der Waals surface area (Å²) in [6.45, 7) is 18.2. The third-order valence-corrected chi connectivity index (χ3v) is 8.91. The predicted octanol–water partition coefficient (Wildman–Crippen LogP) is 4.57. The Morgan fingerprint density at radius 2 is 1.82 bits per heavy atom. The van der Waals surface area contributed by atoms with Gasteiger partial charge in [0.05, 0.1) is 6.04 Å². The molecule has 4 nitrogen and oxygen atoms in total. The number of nitrogens with zero attached hydrogens (tertiary/aromatic N) is 1. The summed E-state index contributed by atoms with van der Waals surface area (Å²) in [5.41, 5.74) is -0.456. The molecule has 0 aromatic rings. The fourth-order valence-corrected chi connectivity index (χ4v) is 3.07. The molecule has 0 saturated heterocycles. The van der Waals surface area contributed by atoms with Crippen LogP contribution in [-0.2, 0) is 9.16 Å². The molecular weight excluding hydrogens is 294 g/mol. The zero-order valence-corrected chi connectivity index (χ0v) is 16.5. The van der Waals surface area contributed by atoms with E-state index >= 15 is 0 Å². The Balaban J connectivity index is 2.52. The maximum Gasteiger partial charge on any atom is 0.411 e. The Kier molecular flexibility index (Phi) is 5.90. The van der Waals surface area contributed by atoms with Gasteiger partial charge in [-0.1, -0.05) is 32.9 Å². The molecule has 0 aromatic carbocycles. The minimum absolute atomic E-state index is 0.0830. The fourth-order valence-electron chi connectivity index (χ4n) is 2.00. The van der Waals surface area contributed by atoms with Crippen molar-refractivity contribution in [1.29, 1.82) is 0 Å². The number of rotatable bonds is 4. The van der Waals surface area contributed by atoms with Gasteiger partial charge in [0.25, 0.3) is 0 Å². The molecule has 22 heavy (non-hydrogen) atoms. The molecule has 0 N–H and O–H groups in total. The maximum absolute atomic E-state index is 12.2. The van der Waals surface area contributed by atoms with E-state index in [4.69, 9.17) is 9.16 Å². The standard InChI is InChI=1S/C17H33NO3Si/c1-16(2,3)21-15(19)18-12-9-10-14(18)11-13-20-22(7,8)17(4,5)6/h9-10,14H,11-13H2,1-8H3. The second-order valence-corrected chi connectivity index (χ2v) is 13.3. The van der Waals surface area contributed by atoms with Gasteiger partial charge in [-0.3, -0.25) is 4.90 Å². The van der Waals surface area contributed by atoms with Crippen molar-refractivity contribution in [2.75, 3.05) is 13.2 Å². The van der Waals surface area contributed by atoms with Gasteiger partial charge in [-0.2, -0.15) is 0 Å². The molecule has 0 fully saturated rings. The van der Waals surface area contributed by atoms with E-state index in [2.05, 4.69) is 39.9 Å². The van der Waals surface area contributed by atoms with Crippen molar-refractivity contribution in [3.63, 3.8) is 0 Å². The average Bonchev–Trinajstić information content (AvgIpc) is 2.73. The summed E-state index contributed by atoms with van der Waals surface area (Å²) >= 11 is 0. The summed E-state index contributed by atoms with van der Waals surface area (Å²) in [5.74, 6) is 0. The number of hydrogen-bond donors (Lipinski definition) is 0. The molecule has 0 aromatic heterocycles. The lowest BCUT2D eigenvalue weighted by molar-refractivity contribution is 0.0228. The Labute approximate surface area is 137 Å². The highest BCUT2D eigenvalue weighted by Crippen LogP contribution is 2.36. The highest BCUT2D eigenvalue weighted by molar-refractivity contribution is 6.74. The normalized spacial score (nSPS) is 19.6. The van der Waals surface area contributed by atoms with Gasteiger partial charge >= 0.3 is 6.09 Å². The summed E-state index contributed by atoms with van der Waals surface area (Å²) in [4.78, 5) is 14.0. The van der Waals surface area contributed by atoms with E-state index in [1.54, 1.807) is 4.90 Å². The molecule has 0 bridgehead atoms. The molecule has 1 amide bonds. The molecule has 1 aliphatic rings. The molecule has 1 heterocycles. The van der Waals surface area contributed by atoms with Gasteiger partial charge in [0, 0.05) is 13.2 Å². The Bertz CT molecular complexity index is 419. The van der Waals surface area contributed by atoms with Crippen LogP contribution in [0.3, 0.4) is 0 Å². The van der Waals surface area contributed by atoms with Crippen molar-refractivity contribution in [3.8, 4) is 0 Å². The highest BCUT2D eigenvalue weighted by Gasteiger charge is 2.37. The van der Waals surface area contributed by atoms with Crippen LogP contribution in [0.25, 0.3) is 0 Å². The summed E-state index contributed by atoms with van der Waals surface area (Å²) < 4.78 is 11.7. The van der Waals surface area contributed by atoms with E-state index in [0.29, 0.717) is 13.2 Å². The number of ether oxygens (including phenoxy) is 1. The molecule has 1 unspecified atom stereocenters. The molecule has 1 rings (SSSR count). The van der Waals surface area contributed by atoms with Crippen LogP contribution in [0.2, 0.25) is 18.1 Å². The summed E-state index contributed by atoms with van der Waals surface area (Å²) in [6.07, 6.45) is 4.69. The van der Waals surface area contributed by atoms with Crippen LogP contribution in [0, 0.1) is 0 Å². The quantitative estimate of drug-likeness (QED) is 0.560. The van der Waals surface area contributed by atoms with Gasteiger partial charge < -0.3 is 9.16 Å². The summed E-state index contributed by atoms with van der Waals surface area (Å²) in [5, 5.41) is 0.212. The second kappa shape index (κ2) is 6.75. The van der Waals surface area contributed by atoms with Gasteiger partial charge in [0.1, 0.15) is 5.60 Å². The van der Waals surface area contributed by atoms with Crippen LogP contribution in [0.4, 0.5) is 4.79 Å². The second-order valence-electron chi connectivity index (χ2n) is 8.53. The molecular formula is C17H33NO3Si. The molecule has 5 heteroatoms. The van der Waals surface area contributed by atoms with Gasteiger partial charge in [0.2, 0.25) is 0 Å². The third kappa shape index (κ3) is 5.43. The first-order valence-corrected chi connectivity index (χ1v) is 11.0. The van der Waals surface area contributed by atoms with Crippen LogP contribution in [0.15, 0.2) is 12.2 Å². The number of hydrogen-bond acceptors (Lipinski definition) is 3. The van der Waals surface area contributed by atoms with Gasteiger partial charge in [-0.05, 0) is 45.3 Å². The van der Waals surface area contributed by atoms with Gasteiger partial charge in [-0.25, -0.2) is 4.79 Å². The van der Waals surface area contributed by atoms with Crippen molar-refractivity contribution in [2.24, 2.45) is 0 Å². The first-order chi connectivity index (χ1) is 9.83. The van der Waals surface area contributed by atoms with E-state index in [1.165, 1.54) is 0 Å². The van der Waals surface area contributed by atoms with Crippen LogP contribution in [-0.4, -0.2) is 44.1 Å². The number of carbonyl (C=O) groups excluding carboxylic acids is 1. The minimum atomic E-state index is -1.72. The number of carbonyl (C=O) groups is 1. The maximum atomic E-state index is 12.2. The largest absolute Gasteiger partial charge is 0.444 e. The molecule has 128 valence electrons. The van der Waals surface area contributed by atoms with E-state index in [0.717, 1.165) is 6.42 Å². The Morgan fingerprint density at radius 1 is 1.23 bits per heavy atom. The zero-order valence-electron chi connectivity index (χ0n) is 15.5. The van der Waals surface area contributed by atoms with Crippen LogP contribution in [0.5, 0.6) is 0 Å². The Hall–Kier alpha value is -0.813. The van der Waals surface area contributed by atoms with Crippen molar-refractivity contribution >= 4 is 14.4 Å². The smallest absolute Gasteiger partial charge is 0.411 e. The molecule has 0 spiro atoms. The van der Waals surface area contributed by atoms with Crippen LogP contribution in [0.1, 0.15) is 48.0 Å².